The molecular formula is C16H14FNO2. The van der Waals surface area contributed by atoms with Crippen LogP contribution in [0.25, 0.3) is 0 Å². The molecule has 0 aliphatic carbocycles. The summed E-state index contributed by atoms with van der Waals surface area (Å²) in [6.45, 7) is 1.71. The van der Waals surface area contributed by atoms with Crippen molar-refractivity contribution in [2.75, 3.05) is 7.11 Å². The number of nitrogens with zero attached hydrogens (tertiary/aromatic N) is 1. The highest BCUT2D eigenvalue weighted by Gasteiger charge is 2.16. The summed E-state index contributed by atoms with van der Waals surface area (Å²) in [5.41, 5.74) is 1.85. The predicted octanol–water partition coefficient (Wildman–Crippen LogP) is 3.43. The van der Waals surface area contributed by atoms with E-state index in [-0.39, 0.29) is 11.3 Å². The van der Waals surface area contributed by atoms with Crippen LogP contribution in [-0.2, 0) is 4.84 Å². The fourth-order valence-electron chi connectivity index (χ4n) is 1.95. The van der Waals surface area contributed by atoms with Gasteiger partial charge in [-0.2, -0.15) is 0 Å². The van der Waals surface area contributed by atoms with Crippen LogP contribution in [0.5, 0.6) is 0 Å². The summed E-state index contributed by atoms with van der Waals surface area (Å²) in [5.74, 6) is -0.705. The third-order valence-electron chi connectivity index (χ3n) is 2.88. The SMILES string of the molecule is CO/N=C(/C)c1ccc(F)cc1C(=O)c1ccccc1. The predicted molar refractivity (Wildman–Crippen MR) is 75.5 cm³/mol. The Labute approximate surface area is 116 Å². The molecule has 20 heavy (non-hydrogen) atoms. The number of hydrogen-bond donors (Lipinski definition) is 0. The van der Waals surface area contributed by atoms with Crippen molar-refractivity contribution < 1.29 is 14.0 Å². The van der Waals surface area contributed by atoms with Gasteiger partial charge in [-0.05, 0) is 25.1 Å². The Balaban J connectivity index is 2.53. The topological polar surface area (TPSA) is 38.7 Å². The number of benzene rings is 2. The van der Waals surface area contributed by atoms with Crippen molar-refractivity contribution in [2.45, 2.75) is 6.92 Å². The van der Waals surface area contributed by atoms with E-state index < -0.39 is 5.82 Å². The fraction of sp³-hybridized carbons (Fsp3) is 0.125. The zero-order chi connectivity index (χ0) is 14.5. The highest BCUT2D eigenvalue weighted by Crippen LogP contribution is 2.17. The van der Waals surface area contributed by atoms with Gasteiger partial charge in [-0.25, -0.2) is 4.39 Å². The molecule has 102 valence electrons. The van der Waals surface area contributed by atoms with E-state index >= 15 is 0 Å². The average molecular weight is 271 g/mol. The van der Waals surface area contributed by atoms with Crippen LogP contribution >= 0.6 is 0 Å². The smallest absolute Gasteiger partial charge is 0.193 e. The van der Waals surface area contributed by atoms with Crippen molar-refractivity contribution in [1.82, 2.24) is 0 Å². The molecule has 0 unspecified atom stereocenters. The van der Waals surface area contributed by atoms with Crippen molar-refractivity contribution in [1.29, 1.82) is 0 Å². The van der Waals surface area contributed by atoms with E-state index in [1.807, 2.05) is 6.07 Å². The zero-order valence-corrected chi connectivity index (χ0v) is 11.3. The Morgan fingerprint density at radius 3 is 2.45 bits per heavy atom. The van der Waals surface area contributed by atoms with Gasteiger partial charge in [-0.15, -0.1) is 0 Å². The largest absolute Gasteiger partial charge is 0.399 e. The van der Waals surface area contributed by atoms with Gasteiger partial charge in [0.1, 0.15) is 12.9 Å². The second-order valence-electron chi connectivity index (χ2n) is 4.24. The standard InChI is InChI=1S/C16H14FNO2/c1-11(18-20-2)14-9-8-13(17)10-15(14)16(19)12-6-4-3-5-7-12/h3-10H,1-2H3/b18-11-. The fourth-order valence-corrected chi connectivity index (χ4v) is 1.95. The van der Waals surface area contributed by atoms with Gasteiger partial charge in [0.2, 0.25) is 0 Å². The molecule has 0 N–H and O–H groups in total. The Morgan fingerprint density at radius 2 is 1.80 bits per heavy atom. The summed E-state index contributed by atoms with van der Waals surface area (Å²) >= 11 is 0. The number of carbonyl (C=O) groups excluding carboxylic acids is 1. The number of oxime groups is 1. The van der Waals surface area contributed by atoms with Gasteiger partial charge in [0.15, 0.2) is 5.78 Å². The van der Waals surface area contributed by atoms with Gasteiger partial charge in [-0.1, -0.05) is 35.5 Å². The van der Waals surface area contributed by atoms with E-state index in [0.717, 1.165) is 0 Å². The normalized spacial score (nSPS) is 11.2. The summed E-state index contributed by atoms with van der Waals surface area (Å²) in [7, 11) is 1.42. The Kier molecular flexibility index (Phi) is 4.25. The van der Waals surface area contributed by atoms with Gasteiger partial charge < -0.3 is 4.84 Å². The molecule has 0 amide bonds. The summed E-state index contributed by atoms with van der Waals surface area (Å²) in [5, 5.41) is 3.80. The highest BCUT2D eigenvalue weighted by molar-refractivity contribution is 6.16. The number of halogens is 1. The maximum atomic E-state index is 13.4. The van der Waals surface area contributed by atoms with Gasteiger partial charge in [0, 0.05) is 16.7 Å². The molecule has 0 saturated carbocycles. The van der Waals surface area contributed by atoms with E-state index in [1.165, 1.54) is 25.3 Å². The molecule has 2 aromatic rings. The number of rotatable bonds is 4. The number of ketones is 1. The van der Waals surface area contributed by atoms with Crippen molar-refractivity contribution in [3.05, 3.63) is 71.0 Å². The molecule has 3 nitrogen and oxygen atoms in total. The lowest BCUT2D eigenvalue weighted by Crippen LogP contribution is -2.09. The van der Waals surface area contributed by atoms with Crippen LogP contribution in [0.4, 0.5) is 4.39 Å². The third-order valence-corrected chi connectivity index (χ3v) is 2.88. The quantitative estimate of drug-likeness (QED) is 0.485. The summed E-state index contributed by atoms with van der Waals surface area (Å²) in [4.78, 5) is 17.2. The molecule has 4 heteroatoms. The van der Waals surface area contributed by atoms with E-state index in [0.29, 0.717) is 16.8 Å². The Hall–Kier alpha value is -2.49. The van der Waals surface area contributed by atoms with E-state index in [2.05, 4.69) is 5.16 Å². The molecule has 0 radical (unpaired) electrons. The first-order chi connectivity index (χ1) is 9.63. The lowest BCUT2D eigenvalue weighted by Gasteiger charge is -2.08. The molecule has 2 rings (SSSR count). The molecule has 0 saturated heterocycles. The number of carbonyl (C=O) groups is 1. The van der Waals surface area contributed by atoms with Crippen molar-refractivity contribution >= 4 is 11.5 Å². The van der Waals surface area contributed by atoms with E-state index in [4.69, 9.17) is 4.84 Å². The molecule has 0 fully saturated rings. The second kappa shape index (κ2) is 6.10. The first kappa shape index (κ1) is 13.9. The van der Waals surface area contributed by atoms with Crippen LogP contribution in [0.1, 0.15) is 28.4 Å². The second-order valence-corrected chi connectivity index (χ2v) is 4.24. The van der Waals surface area contributed by atoms with Crippen molar-refractivity contribution in [2.24, 2.45) is 5.16 Å². The van der Waals surface area contributed by atoms with Gasteiger partial charge in [-0.3, -0.25) is 4.79 Å². The molecule has 0 spiro atoms. The first-order valence-corrected chi connectivity index (χ1v) is 6.11. The van der Waals surface area contributed by atoms with Gasteiger partial charge >= 0.3 is 0 Å². The van der Waals surface area contributed by atoms with Gasteiger partial charge in [0.25, 0.3) is 0 Å². The van der Waals surface area contributed by atoms with E-state index in [9.17, 15) is 9.18 Å². The van der Waals surface area contributed by atoms with Crippen molar-refractivity contribution in [3.8, 4) is 0 Å². The van der Waals surface area contributed by atoms with E-state index in [1.54, 1.807) is 31.2 Å². The summed E-state index contributed by atoms with van der Waals surface area (Å²) in [6.07, 6.45) is 0. The van der Waals surface area contributed by atoms with Crippen LogP contribution in [0.15, 0.2) is 53.7 Å². The van der Waals surface area contributed by atoms with Gasteiger partial charge in [0.05, 0.1) is 5.71 Å². The van der Waals surface area contributed by atoms with Crippen LogP contribution < -0.4 is 0 Å². The minimum Gasteiger partial charge on any atom is -0.399 e. The minimum atomic E-state index is -0.460. The average Bonchev–Trinajstić information content (AvgIpc) is 2.47. The maximum Gasteiger partial charge on any atom is 0.193 e. The lowest BCUT2D eigenvalue weighted by molar-refractivity contribution is 0.103. The molecule has 0 aliphatic heterocycles. The third kappa shape index (κ3) is 2.91. The van der Waals surface area contributed by atoms with Crippen LogP contribution in [-0.4, -0.2) is 18.6 Å². The molecule has 0 aliphatic rings. The summed E-state index contributed by atoms with van der Waals surface area (Å²) < 4.78 is 13.4. The molecule has 0 atom stereocenters. The molecule has 0 heterocycles. The molecular weight excluding hydrogens is 257 g/mol. The lowest BCUT2D eigenvalue weighted by atomic mass is 9.96. The maximum absolute atomic E-state index is 13.4. The first-order valence-electron chi connectivity index (χ1n) is 6.11. The number of hydrogen-bond acceptors (Lipinski definition) is 3. The van der Waals surface area contributed by atoms with Crippen LogP contribution in [0.3, 0.4) is 0 Å². The Morgan fingerprint density at radius 1 is 1.10 bits per heavy atom. The molecule has 2 aromatic carbocycles. The molecule has 0 bridgehead atoms. The Bertz CT molecular complexity index is 651. The minimum absolute atomic E-state index is 0.245. The molecule has 0 aromatic heterocycles. The van der Waals surface area contributed by atoms with Crippen molar-refractivity contribution in [3.63, 3.8) is 0 Å². The van der Waals surface area contributed by atoms with Crippen LogP contribution in [0.2, 0.25) is 0 Å². The zero-order valence-electron chi connectivity index (χ0n) is 11.3. The highest BCUT2D eigenvalue weighted by atomic mass is 19.1. The monoisotopic (exact) mass is 271 g/mol. The summed E-state index contributed by atoms with van der Waals surface area (Å²) in [6, 6.07) is 12.8. The van der Waals surface area contributed by atoms with Crippen LogP contribution in [0, 0.1) is 5.82 Å².